The molecule has 1 aliphatic rings. The van der Waals surface area contributed by atoms with Gasteiger partial charge in [-0.3, -0.25) is 10.4 Å². The van der Waals surface area contributed by atoms with E-state index in [9.17, 15) is 0 Å². The first-order valence-corrected chi connectivity index (χ1v) is 9.66. The zero-order valence-corrected chi connectivity index (χ0v) is 15.8. The van der Waals surface area contributed by atoms with Crippen LogP contribution < -0.4 is 16.5 Å². The zero-order chi connectivity index (χ0) is 19.2. The topological polar surface area (TPSA) is 92.0 Å². The molecule has 0 unspecified atom stereocenters. The molecule has 4 N–H and O–H groups in total. The van der Waals surface area contributed by atoms with Crippen molar-refractivity contribution in [3.05, 3.63) is 54.9 Å². The Labute approximate surface area is 165 Å². The molecule has 0 radical (unpaired) electrons. The predicted molar refractivity (Wildman–Crippen MR) is 112 cm³/mol. The number of nitrogens with one attached hydrogen (secondary N) is 2. The average molecular weight is 375 g/mol. The molecule has 4 rings (SSSR count). The number of aromatic nitrogens is 3. The Morgan fingerprint density at radius 1 is 1.11 bits per heavy atom. The van der Waals surface area contributed by atoms with Gasteiger partial charge in [-0.1, -0.05) is 24.3 Å². The second-order valence-electron chi connectivity index (χ2n) is 6.82. The molecule has 1 aliphatic heterocycles. The fourth-order valence-electron chi connectivity index (χ4n) is 3.37. The number of benzene rings is 1. The van der Waals surface area contributed by atoms with E-state index in [-0.39, 0.29) is 5.95 Å². The monoisotopic (exact) mass is 375 g/mol. The van der Waals surface area contributed by atoms with E-state index in [0.29, 0.717) is 0 Å². The van der Waals surface area contributed by atoms with Crippen molar-refractivity contribution in [3.8, 4) is 22.4 Å². The first-order valence-electron chi connectivity index (χ1n) is 9.66. The molecule has 0 amide bonds. The van der Waals surface area contributed by atoms with Crippen LogP contribution >= 0.6 is 0 Å². The lowest BCUT2D eigenvalue weighted by atomic mass is 10.0. The zero-order valence-electron chi connectivity index (χ0n) is 15.8. The normalized spacial score (nSPS) is 14.3. The Morgan fingerprint density at radius 2 is 2.04 bits per heavy atom. The largest absolute Gasteiger partial charge is 0.369 e. The summed E-state index contributed by atoms with van der Waals surface area (Å²) in [5.41, 5.74) is 13.2. The molecule has 2 aromatic heterocycles. The fourth-order valence-corrected chi connectivity index (χ4v) is 3.37. The van der Waals surface area contributed by atoms with Crippen LogP contribution in [0.4, 0.5) is 11.8 Å². The highest BCUT2D eigenvalue weighted by molar-refractivity contribution is 5.78. The number of pyridine rings is 1. The maximum absolute atomic E-state index is 5.84. The third-order valence-electron chi connectivity index (χ3n) is 4.78. The SMILES string of the molecule is Nc1ncc(-c2cccc(-c3ccccn3)c2)c(NCCCN2CCCN2)n1. The van der Waals surface area contributed by atoms with Crippen LogP contribution in [-0.4, -0.2) is 46.1 Å². The van der Waals surface area contributed by atoms with Crippen molar-refractivity contribution in [2.75, 3.05) is 37.2 Å². The molecular formula is C21H25N7. The third kappa shape index (κ3) is 4.44. The number of hydrogen-bond acceptors (Lipinski definition) is 7. The Hall–Kier alpha value is -3.03. The van der Waals surface area contributed by atoms with Crippen LogP contribution in [-0.2, 0) is 0 Å². The van der Waals surface area contributed by atoms with E-state index < -0.39 is 0 Å². The summed E-state index contributed by atoms with van der Waals surface area (Å²) in [7, 11) is 0. The standard InChI is InChI=1S/C21H25N7/c22-21-25-15-18(20(27-21)24-10-4-12-28-13-5-11-26-28)16-6-3-7-17(14-16)19-8-1-2-9-23-19/h1-3,6-9,14-15,26H,4-5,10-13H2,(H3,22,24,25,27). The van der Waals surface area contributed by atoms with Crippen LogP contribution in [0.25, 0.3) is 22.4 Å². The van der Waals surface area contributed by atoms with Crippen molar-refractivity contribution in [3.63, 3.8) is 0 Å². The molecule has 0 spiro atoms. The van der Waals surface area contributed by atoms with Gasteiger partial charge in [0.15, 0.2) is 0 Å². The lowest BCUT2D eigenvalue weighted by Crippen LogP contribution is -2.32. The molecule has 144 valence electrons. The molecule has 0 bridgehead atoms. The quantitative estimate of drug-likeness (QED) is 0.547. The van der Waals surface area contributed by atoms with E-state index in [2.05, 4.69) is 48.9 Å². The van der Waals surface area contributed by atoms with Crippen LogP contribution in [0.15, 0.2) is 54.9 Å². The Balaban J connectivity index is 1.51. The second-order valence-corrected chi connectivity index (χ2v) is 6.82. The smallest absolute Gasteiger partial charge is 0.221 e. The van der Waals surface area contributed by atoms with Gasteiger partial charge in [0.05, 0.1) is 5.69 Å². The van der Waals surface area contributed by atoms with Crippen molar-refractivity contribution in [2.24, 2.45) is 0 Å². The van der Waals surface area contributed by atoms with Gasteiger partial charge < -0.3 is 11.1 Å². The minimum atomic E-state index is 0.272. The highest BCUT2D eigenvalue weighted by atomic mass is 15.5. The van der Waals surface area contributed by atoms with E-state index in [1.165, 1.54) is 6.42 Å². The van der Waals surface area contributed by atoms with Gasteiger partial charge in [-0.15, -0.1) is 0 Å². The molecule has 28 heavy (non-hydrogen) atoms. The summed E-state index contributed by atoms with van der Waals surface area (Å²) < 4.78 is 0. The molecule has 0 saturated carbocycles. The molecule has 1 aromatic carbocycles. The molecule has 3 aromatic rings. The highest BCUT2D eigenvalue weighted by Gasteiger charge is 2.12. The molecule has 1 fully saturated rings. The number of rotatable bonds is 7. The molecular weight excluding hydrogens is 350 g/mol. The first-order chi connectivity index (χ1) is 13.8. The molecule has 0 aliphatic carbocycles. The maximum Gasteiger partial charge on any atom is 0.221 e. The fraction of sp³-hybridized carbons (Fsp3) is 0.286. The summed E-state index contributed by atoms with van der Waals surface area (Å²) in [6, 6.07) is 14.2. The summed E-state index contributed by atoms with van der Waals surface area (Å²) in [6.07, 6.45) is 5.82. The van der Waals surface area contributed by atoms with Gasteiger partial charge >= 0.3 is 0 Å². The van der Waals surface area contributed by atoms with E-state index in [0.717, 1.165) is 60.8 Å². The second kappa shape index (κ2) is 8.77. The Bertz CT molecular complexity index is 908. The van der Waals surface area contributed by atoms with Crippen molar-refractivity contribution in [1.29, 1.82) is 0 Å². The van der Waals surface area contributed by atoms with Gasteiger partial charge in [-0.2, -0.15) is 4.98 Å². The summed E-state index contributed by atoms with van der Waals surface area (Å²) in [5.74, 6) is 1.04. The van der Waals surface area contributed by atoms with Gasteiger partial charge in [0.25, 0.3) is 0 Å². The van der Waals surface area contributed by atoms with Gasteiger partial charge in [0.1, 0.15) is 5.82 Å². The number of anilines is 2. The van der Waals surface area contributed by atoms with Crippen molar-refractivity contribution >= 4 is 11.8 Å². The van der Waals surface area contributed by atoms with Crippen LogP contribution in [0.3, 0.4) is 0 Å². The van der Waals surface area contributed by atoms with Crippen molar-refractivity contribution in [1.82, 2.24) is 25.4 Å². The number of hydrogen-bond donors (Lipinski definition) is 3. The molecule has 7 nitrogen and oxygen atoms in total. The predicted octanol–water partition coefficient (Wildman–Crippen LogP) is 2.80. The van der Waals surface area contributed by atoms with Gasteiger partial charge in [0, 0.05) is 49.7 Å². The molecule has 1 saturated heterocycles. The Morgan fingerprint density at radius 3 is 2.86 bits per heavy atom. The number of hydrazine groups is 1. The third-order valence-corrected chi connectivity index (χ3v) is 4.78. The lowest BCUT2D eigenvalue weighted by Gasteiger charge is -2.16. The summed E-state index contributed by atoms with van der Waals surface area (Å²) in [4.78, 5) is 13.1. The molecule has 3 heterocycles. The van der Waals surface area contributed by atoms with E-state index >= 15 is 0 Å². The van der Waals surface area contributed by atoms with Crippen molar-refractivity contribution in [2.45, 2.75) is 12.8 Å². The Kier molecular flexibility index (Phi) is 5.75. The number of nitrogens with two attached hydrogens (primary N) is 1. The summed E-state index contributed by atoms with van der Waals surface area (Å²) >= 11 is 0. The average Bonchev–Trinajstić information content (AvgIpc) is 3.26. The summed E-state index contributed by atoms with van der Waals surface area (Å²) in [6.45, 7) is 4.03. The minimum absolute atomic E-state index is 0.272. The summed E-state index contributed by atoms with van der Waals surface area (Å²) in [5, 5.41) is 5.71. The number of nitrogen functional groups attached to an aromatic ring is 1. The van der Waals surface area contributed by atoms with Crippen molar-refractivity contribution < 1.29 is 0 Å². The van der Waals surface area contributed by atoms with Gasteiger partial charge in [-0.05, 0) is 36.6 Å². The van der Waals surface area contributed by atoms with Gasteiger partial charge in [0.2, 0.25) is 5.95 Å². The number of nitrogens with zero attached hydrogens (tertiary/aromatic N) is 4. The van der Waals surface area contributed by atoms with E-state index in [1.807, 2.05) is 24.3 Å². The van der Waals surface area contributed by atoms with E-state index in [4.69, 9.17) is 5.73 Å². The van der Waals surface area contributed by atoms with Gasteiger partial charge in [-0.25, -0.2) is 9.99 Å². The minimum Gasteiger partial charge on any atom is -0.369 e. The van der Waals surface area contributed by atoms with Crippen LogP contribution in [0.1, 0.15) is 12.8 Å². The van der Waals surface area contributed by atoms with Crippen LogP contribution in [0.5, 0.6) is 0 Å². The first kappa shape index (κ1) is 18.3. The highest BCUT2D eigenvalue weighted by Crippen LogP contribution is 2.29. The molecule has 0 atom stereocenters. The molecule has 7 heteroatoms. The van der Waals surface area contributed by atoms with Crippen LogP contribution in [0, 0.1) is 0 Å². The lowest BCUT2D eigenvalue weighted by molar-refractivity contribution is 0.253. The maximum atomic E-state index is 5.84. The van der Waals surface area contributed by atoms with Crippen LogP contribution in [0.2, 0.25) is 0 Å². The van der Waals surface area contributed by atoms with E-state index in [1.54, 1.807) is 12.4 Å².